The Morgan fingerprint density at radius 3 is 2.55 bits per heavy atom. The number of benzene rings is 2. The van der Waals surface area contributed by atoms with Gasteiger partial charge in [0.25, 0.3) is 0 Å². The molecular formula is C17H20FN3O. The van der Waals surface area contributed by atoms with Crippen LogP contribution in [0.5, 0.6) is 0 Å². The van der Waals surface area contributed by atoms with Crippen molar-refractivity contribution in [3.63, 3.8) is 0 Å². The molecule has 0 heterocycles. The van der Waals surface area contributed by atoms with Crippen molar-refractivity contribution in [2.45, 2.75) is 13.0 Å². The standard InChI is InChI=1S/C17H20FN3O/c1-22-12-14-7-3-5-9-16(14)21-17(19)20-11-10-13-6-2-4-8-15(13)18/h2-9H,10-12H2,1H3,(H3,19,20,21). The molecule has 4 nitrogen and oxygen atoms in total. The van der Waals surface area contributed by atoms with Gasteiger partial charge in [0.15, 0.2) is 5.96 Å². The molecule has 0 fully saturated rings. The summed E-state index contributed by atoms with van der Waals surface area (Å²) >= 11 is 0. The van der Waals surface area contributed by atoms with E-state index in [0.29, 0.717) is 31.1 Å². The monoisotopic (exact) mass is 301 g/mol. The predicted octanol–water partition coefficient (Wildman–Crippen LogP) is 2.94. The second-order valence-electron chi connectivity index (χ2n) is 4.82. The number of aliphatic imine (C=N–C) groups is 1. The fourth-order valence-electron chi connectivity index (χ4n) is 2.10. The normalized spacial score (nSPS) is 11.5. The molecule has 0 amide bonds. The number of nitrogens with two attached hydrogens (primary N) is 1. The molecule has 0 saturated carbocycles. The van der Waals surface area contributed by atoms with Crippen LogP contribution < -0.4 is 11.1 Å². The number of guanidine groups is 1. The van der Waals surface area contributed by atoms with Crippen molar-refractivity contribution >= 4 is 11.6 Å². The van der Waals surface area contributed by atoms with E-state index < -0.39 is 0 Å². The Balaban J connectivity index is 1.94. The largest absolute Gasteiger partial charge is 0.380 e. The first-order valence-electron chi connectivity index (χ1n) is 7.08. The quantitative estimate of drug-likeness (QED) is 0.637. The van der Waals surface area contributed by atoms with E-state index in [1.165, 1.54) is 6.07 Å². The second-order valence-corrected chi connectivity index (χ2v) is 4.82. The van der Waals surface area contributed by atoms with Crippen LogP contribution in [0.1, 0.15) is 11.1 Å². The van der Waals surface area contributed by atoms with Crippen molar-refractivity contribution in [2.75, 3.05) is 19.0 Å². The Bertz CT molecular complexity index is 643. The summed E-state index contributed by atoms with van der Waals surface area (Å²) < 4.78 is 18.6. The summed E-state index contributed by atoms with van der Waals surface area (Å²) in [5, 5.41) is 3.05. The lowest BCUT2D eigenvalue weighted by atomic mass is 10.1. The molecule has 116 valence electrons. The smallest absolute Gasteiger partial charge is 0.193 e. The number of hydrogen-bond acceptors (Lipinski definition) is 2. The van der Waals surface area contributed by atoms with Crippen molar-refractivity contribution < 1.29 is 9.13 Å². The van der Waals surface area contributed by atoms with Gasteiger partial charge in [0.05, 0.1) is 6.61 Å². The fraction of sp³-hybridized carbons (Fsp3) is 0.235. The maximum absolute atomic E-state index is 13.5. The van der Waals surface area contributed by atoms with E-state index >= 15 is 0 Å². The Hall–Kier alpha value is -2.40. The zero-order valence-electron chi connectivity index (χ0n) is 12.6. The van der Waals surface area contributed by atoms with Gasteiger partial charge in [-0.1, -0.05) is 36.4 Å². The minimum Gasteiger partial charge on any atom is -0.380 e. The van der Waals surface area contributed by atoms with Gasteiger partial charge in [-0.25, -0.2) is 4.39 Å². The average molecular weight is 301 g/mol. The fourth-order valence-corrected chi connectivity index (χ4v) is 2.10. The van der Waals surface area contributed by atoms with Crippen molar-refractivity contribution in [1.82, 2.24) is 0 Å². The zero-order chi connectivity index (χ0) is 15.8. The molecule has 0 bridgehead atoms. The van der Waals surface area contributed by atoms with Crippen molar-refractivity contribution in [1.29, 1.82) is 0 Å². The van der Waals surface area contributed by atoms with Gasteiger partial charge in [-0.3, -0.25) is 4.99 Å². The lowest BCUT2D eigenvalue weighted by Crippen LogP contribution is -2.23. The number of methoxy groups -OCH3 is 1. The molecule has 0 spiro atoms. The number of anilines is 1. The van der Waals surface area contributed by atoms with Gasteiger partial charge in [-0.15, -0.1) is 0 Å². The minimum atomic E-state index is -0.213. The third-order valence-electron chi connectivity index (χ3n) is 3.20. The highest BCUT2D eigenvalue weighted by atomic mass is 19.1. The molecule has 2 aromatic rings. The lowest BCUT2D eigenvalue weighted by Gasteiger charge is -2.10. The third kappa shape index (κ3) is 4.56. The van der Waals surface area contributed by atoms with Crippen molar-refractivity contribution in [3.8, 4) is 0 Å². The molecule has 0 aliphatic carbocycles. The third-order valence-corrected chi connectivity index (χ3v) is 3.20. The molecule has 3 N–H and O–H groups in total. The van der Waals surface area contributed by atoms with E-state index in [1.54, 1.807) is 19.2 Å². The number of nitrogens with one attached hydrogen (secondary N) is 1. The van der Waals surface area contributed by atoms with E-state index in [0.717, 1.165) is 11.3 Å². The highest BCUT2D eigenvalue weighted by Gasteiger charge is 2.03. The van der Waals surface area contributed by atoms with Crippen LogP contribution in [-0.4, -0.2) is 19.6 Å². The summed E-state index contributed by atoms with van der Waals surface area (Å²) in [7, 11) is 1.64. The molecule has 2 aromatic carbocycles. The molecule has 0 atom stereocenters. The minimum absolute atomic E-state index is 0.213. The van der Waals surface area contributed by atoms with Crippen LogP contribution in [0.3, 0.4) is 0 Å². The van der Waals surface area contributed by atoms with Gasteiger partial charge in [0.1, 0.15) is 5.82 Å². The summed E-state index contributed by atoms with van der Waals surface area (Å²) in [5.74, 6) is 0.0922. The number of para-hydroxylation sites is 1. The Morgan fingerprint density at radius 2 is 1.82 bits per heavy atom. The van der Waals surface area contributed by atoms with Crippen LogP contribution in [0.4, 0.5) is 10.1 Å². The molecular weight excluding hydrogens is 281 g/mol. The van der Waals surface area contributed by atoms with Gasteiger partial charge in [-0.05, 0) is 24.1 Å². The molecule has 0 saturated heterocycles. The van der Waals surface area contributed by atoms with E-state index in [4.69, 9.17) is 10.5 Å². The van der Waals surface area contributed by atoms with Crippen LogP contribution in [0, 0.1) is 5.82 Å². The Labute approximate surface area is 129 Å². The van der Waals surface area contributed by atoms with E-state index in [-0.39, 0.29) is 5.82 Å². The second kappa shape index (κ2) is 8.14. The molecule has 2 rings (SSSR count). The summed E-state index contributed by atoms with van der Waals surface area (Å²) in [6.07, 6.45) is 0.509. The number of rotatable bonds is 6. The van der Waals surface area contributed by atoms with Crippen LogP contribution in [-0.2, 0) is 17.8 Å². The summed E-state index contributed by atoms with van der Waals surface area (Å²) in [6, 6.07) is 14.4. The van der Waals surface area contributed by atoms with Crippen LogP contribution in [0.15, 0.2) is 53.5 Å². The summed E-state index contributed by atoms with van der Waals surface area (Å²) in [4.78, 5) is 4.23. The lowest BCUT2D eigenvalue weighted by molar-refractivity contribution is 0.185. The highest BCUT2D eigenvalue weighted by molar-refractivity contribution is 5.92. The Kier molecular flexibility index (Phi) is 5.91. The van der Waals surface area contributed by atoms with Crippen molar-refractivity contribution in [2.24, 2.45) is 10.7 Å². The molecule has 0 aliphatic rings. The topological polar surface area (TPSA) is 59.6 Å². The van der Waals surface area contributed by atoms with Gasteiger partial charge in [-0.2, -0.15) is 0 Å². The maximum atomic E-state index is 13.5. The first-order valence-corrected chi connectivity index (χ1v) is 7.08. The van der Waals surface area contributed by atoms with Crippen molar-refractivity contribution in [3.05, 3.63) is 65.5 Å². The van der Waals surface area contributed by atoms with Crippen LogP contribution in [0.2, 0.25) is 0 Å². The number of nitrogens with zero attached hydrogens (tertiary/aromatic N) is 1. The van der Waals surface area contributed by atoms with Gasteiger partial charge in [0, 0.05) is 24.9 Å². The number of ether oxygens (including phenoxy) is 1. The molecule has 0 aliphatic heterocycles. The highest BCUT2D eigenvalue weighted by Crippen LogP contribution is 2.15. The predicted molar refractivity (Wildman–Crippen MR) is 87.4 cm³/mol. The van der Waals surface area contributed by atoms with Gasteiger partial charge in [0.2, 0.25) is 0 Å². The maximum Gasteiger partial charge on any atom is 0.193 e. The molecule has 0 unspecified atom stereocenters. The zero-order valence-corrected chi connectivity index (χ0v) is 12.6. The van der Waals surface area contributed by atoms with Gasteiger partial charge < -0.3 is 15.8 Å². The van der Waals surface area contributed by atoms with E-state index in [9.17, 15) is 4.39 Å². The number of hydrogen-bond donors (Lipinski definition) is 2. The first kappa shape index (κ1) is 16.0. The van der Waals surface area contributed by atoms with E-state index in [2.05, 4.69) is 10.3 Å². The van der Waals surface area contributed by atoms with E-state index in [1.807, 2.05) is 30.3 Å². The molecule has 0 radical (unpaired) electrons. The molecule has 22 heavy (non-hydrogen) atoms. The van der Waals surface area contributed by atoms with Gasteiger partial charge >= 0.3 is 0 Å². The molecule has 5 heteroatoms. The summed E-state index contributed by atoms with van der Waals surface area (Å²) in [6.45, 7) is 0.915. The first-order chi connectivity index (χ1) is 10.7. The average Bonchev–Trinajstić information content (AvgIpc) is 2.51. The summed E-state index contributed by atoms with van der Waals surface area (Å²) in [5.41, 5.74) is 8.37. The molecule has 0 aromatic heterocycles. The van der Waals surface area contributed by atoms with Crippen LogP contribution >= 0.6 is 0 Å². The Morgan fingerprint density at radius 1 is 1.14 bits per heavy atom. The number of halogens is 1. The SMILES string of the molecule is COCc1ccccc1NC(N)=NCCc1ccccc1F. The van der Waals surface area contributed by atoms with Crippen LogP contribution in [0.25, 0.3) is 0 Å².